The number of aromatic nitrogens is 2. The molecule has 2 N–H and O–H groups in total. The summed E-state index contributed by atoms with van der Waals surface area (Å²) in [7, 11) is 0. The zero-order chi connectivity index (χ0) is 13.6. The third-order valence-electron chi connectivity index (χ3n) is 4.51. The Morgan fingerprint density at radius 1 is 1.53 bits per heavy atom. The van der Waals surface area contributed by atoms with Crippen molar-refractivity contribution >= 4 is 27.4 Å². The van der Waals surface area contributed by atoms with Gasteiger partial charge in [0, 0.05) is 18.5 Å². The molecule has 2 atom stereocenters. The third kappa shape index (κ3) is 1.92. The van der Waals surface area contributed by atoms with Crippen LogP contribution in [-0.4, -0.2) is 29.6 Å². The predicted molar refractivity (Wildman–Crippen MR) is 80.7 cm³/mol. The summed E-state index contributed by atoms with van der Waals surface area (Å²) in [5.41, 5.74) is 8.46. The lowest BCUT2D eigenvalue weighted by molar-refractivity contribution is 0.287. The van der Waals surface area contributed by atoms with Crippen LogP contribution in [0.4, 0.5) is 5.82 Å². The average molecular weight is 276 g/mol. The molecule has 1 aliphatic heterocycles. The van der Waals surface area contributed by atoms with Crippen molar-refractivity contribution in [3.63, 3.8) is 0 Å². The highest BCUT2D eigenvalue weighted by Crippen LogP contribution is 2.39. The SMILES string of the molecule is Cc1csc2c(N3C[C@@H](C)[C@](C)(CN)C3)ncnc12. The molecule has 4 nitrogen and oxygen atoms in total. The molecule has 3 heterocycles. The maximum atomic E-state index is 5.96. The number of rotatable bonds is 2. The van der Waals surface area contributed by atoms with E-state index in [4.69, 9.17) is 5.73 Å². The van der Waals surface area contributed by atoms with E-state index in [1.165, 1.54) is 10.3 Å². The Bertz CT molecular complexity index is 609. The summed E-state index contributed by atoms with van der Waals surface area (Å²) in [6.07, 6.45) is 1.68. The van der Waals surface area contributed by atoms with Gasteiger partial charge in [-0.3, -0.25) is 0 Å². The summed E-state index contributed by atoms with van der Waals surface area (Å²) >= 11 is 1.74. The van der Waals surface area contributed by atoms with Gasteiger partial charge in [-0.2, -0.15) is 0 Å². The molecule has 5 heteroatoms. The Morgan fingerprint density at radius 3 is 3.00 bits per heavy atom. The van der Waals surface area contributed by atoms with Crippen LogP contribution in [0.3, 0.4) is 0 Å². The van der Waals surface area contributed by atoms with Crippen LogP contribution >= 0.6 is 11.3 Å². The molecule has 2 aromatic heterocycles. The molecule has 102 valence electrons. The lowest BCUT2D eigenvalue weighted by Crippen LogP contribution is -2.34. The van der Waals surface area contributed by atoms with Crippen molar-refractivity contribution in [1.29, 1.82) is 0 Å². The maximum absolute atomic E-state index is 5.96. The van der Waals surface area contributed by atoms with E-state index in [9.17, 15) is 0 Å². The van der Waals surface area contributed by atoms with Gasteiger partial charge >= 0.3 is 0 Å². The lowest BCUT2D eigenvalue weighted by Gasteiger charge is -2.26. The molecule has 0 aromatic carbocycles. The molecule has 3 rings (SSSR count). The van der Waals surface area contributed by atoms with Crippen LogP contribution in [0.5, 0.6) is 0 Å². The normalized spacial score (nSPS) is 27.4. The molecule has 0 saturated carbocycles. The molecular weight excluding hydrogens is 256 g/mol. The summed E-state index contributed by atoms with van der Waals surface area (Å²) in [6.45, 7) is 9.39. The van der Waals surface area contributed by atoms with Gasteiger partial charge in [0.05, 0.1) is 10.2 Å². The molecular formula is C14H20N4S. The van der Waals surface area contributed by atoms with Crippen LogP contribution in [0.2, 0.25) is 0 Å². The minimum absolute atomic E-state index is 0.184. The van der Waals surface area contributed by atoms with E-state index < -0.39 is 0 Å². The topological polar surface area (TPSA) is 55.0 Å². The number of fused-ring (bicyclic) bond motifs is 1. The monoisotopic (exact) mass is 276 g/mol. The Labute approximate surface area is 117 Å². The van der Waals surface area contributed by atoms with Crippen molar-refractivity contribution in [2.75, 3.05) is 24.5 Å². The van der Waals surface area contributed by atoms with Crippen molar-refractivity contribution in [3.05, 3.63) is 17.3 Å². The highest BCUT2D eigenvalue weighted by Gasteiger charge is 2.40. The summed E-state index contributed by atoms with van der Waals surface area (Å²) in [6, 6.07) is 0. The fraction of sp³-hybridized carbons (Fsp3) is 0.571. The van der Waals surface area contributed by atoms with E-state index in [1.807, 2.05) is 0 Å². The van der Waals surface area contributed by atoms with Crippen molar-refractivity contribution < 1.29 is 0 Å². The van der Waals surface area contributed by atoms with Crippen molar-refractivity contribution in [2.24, 2.45) is 17.1 Å². The van der Waals surface area contributed by atoms with Gasteiger partial charge in [0.1, 0.15) is 12.1 Å². The molecule has 0 radical (unpaired) electrons. The summed E-state index contributed by atoms with van der Waals surface area (Å²) in [5.74, 6) is 1.66. The van der Waals surface area contributed by atoms with E-state index >= 15 is 0 Å². The highest BCUT2D eigenvalue weighted by molar-refractivity contribution is 7.18. The first kappa shape index (κ1) is 12.8. The molecule has 1 aliphatic rings. The molecule has 0 aliphatic carbocycles. The lowest BCUT2D eigenvalue weighted by atomic mass is 9.81. The number of nitrogens with zero attached hydrogens (tertiary/aromatic N) is 3. The Hall–Kier alpha value is -1.20. The van der Waals surface area contributed by atoms with E-state index in [-0.39, 0.29) is 5.41 Å². The number of aryl methyl sites for hydroxylation is 1. The summed E-state index contributed by atoms with van der Waals surface area (Å²) in [5, 5.41) is 2.16. The molecule has 2 aromatic rings. The van der Waals surface area contributed by atoms with Gasteiger partial charge in [0.2, 0.25) is 0 Å². The van der Waals surface area contributed by atoms with Gasteiger partial charge in [-0.15, -0.1) is 11.3 Å². The summed E-state index contributed by atoms with van der Waals surface area (Å²) < 4.78 is 1.20. The van der Waals surface area contributed by atoms with Crippen molar-refractivity contribution in [1.82, 2.24) is 9.97 Å². The molecule has 0 spiro atoms. The van der Waals surface area contributed by atoms with Crippen LogP contribution in [0.15, 0.2) is 11.7 Å². The van der Waals surface area contributed by atoms with Crippen LogP contribution < -0.4 is 10.6 Å². The second-order valence-electron chi connectivity index (χ2n) is 5.93. The predicted octanol–water partition coefficient (Wildman–Crippen LogP) is 2.42. The largest absolute Gasteiger partial charge is 0.354 e. The van der Waals surface area contributed by atoms with E-state index in [0.717, 1.165) is 31.0 Å². The number of anilines is 1. The molecule has 0 unspecified atom stereocenters. The highest BCUT2D eigenvalue weighted by atomic mass is 32.1. The number of hydrogen-bond donors (Lipinski definition) is 1. The average Bonchev–Trinajstić information content (AvgIpc) is 2.92. The first-order valence-electron chi connectivity index (χ1n) is 6.69. The quantitative estimate of drug-likeness (QED) is 0.915. The molecule has 19 heavy (non-hydrogen) atoms. The van der Waals surface area contributed by atoms with Gasteiger partial charge in [0.25, 0.3) is 0 Å². The number of thiophene rings is 1. The van der Waals surface area contributed by atoms with Crippen LogP contribution in [0.25, 0.3) is 10.2 Å². The molecule has 1 fully saturated rings. The Balaban J connectivity index is 2.02. The van der Waals surface area contributed by atoms with Gasteiger partial charge in [0.15, 0.2) is 0 Å². The van der Waals surface area contributed by atoms with Crippen molar-refractivity contribution in [2.45, 2.75) is 20.8 Å². The molecule has 0 bridgehead atoms. The number of hydrogen-bond acceptors (Lipinski definition) is 5. The second-order valence-corrected chi connectivity index (χ2v) is 6.81. The van der Waals surface area contributed by atoms with E-state index in [1.54, 1.807) is 17.7 Å². The maximum Gasteiger partial charge on any atom is 0.150 e. The second kappa shape index (κ2) is 4.42. The third-order valence-corrected chi connectivity index (χ3v) is 5.60. The Morgan fingerprint density at radius 2 is 2.32 bits per heavy atom. The van der Waals surface area contributed by atoms with Crippen molar-refractivity contribution in [3.8, 4) is 0 Å². The molecule has 0 amide bonds. The first-order chi connectivity index (χ1) is 9.05. The van der Waals surface area contributed by atoms with Crippen LogP contribution in [0, 0.1) is 18.3 Å². The van der Waals surface area contributed by atoms with E-state index in [0.29, 0.717) is 5.92 Å². The fourth-order valence-corrected chi connectivity index (χ4v) is 3.84. The van der Waals surface area contributed by atoms with Gasteiger partial charge < -0.3 is 10.6 Å². The molecule has 1 saturated heterocycles. The zero-order valence-corrected chi connectivity index (χ0v) is 12.5. The van der Waals surface area contributed by atoms with Gasteiger partial charge in [-0.25, -0.2) is 9.97 Å². The fourth-order valence-electron chi connectivity index (χ4n) is 2.82. The minimum atomic E-state index is 0.184. The Kier molecular flexibility index (Phi) is 2.98. The van der Waals surface area contributed by atoms with Crippen LogP contribution in [0.1, 0.15) is 19.4 Å². The minimum Gasteiger partial charge on any atom is -0.354 e. The van der Waals surface area contributed by atoms with E-state index in [2.05, 4.69) is 41.0 Å². The van der Waals surface area contributed by atoms with Gasteiger partial charge in [-0.05, 0) is 30.3 Å². The smallest absolute Gasteiger partial charge is 0.150 e. The standard InChI is InChI=1S/C14H20N4S/c1-9-5-19-12-11(9)16-8-17-13(12)18-4-10(2)14(3,6-15)7-18/h5,8,10H,4,6-7,15H2,1-3H3/t10-,14-/m1/s1. The first-order valence-corrected chi connectivity index (χ1v) is 7.57. The summed E-state index contributed by atoms with van der Waals surface area (Å²) in [4.78, 5) is 11.3. The van der Waals surface area contributed by atoms with Gasteiger partial charge in [-0.1, -0.05) is 13.8 Å². The van der Waals surface area contributed by atoms with Crippen LogP contribution in [-0.2, 0) is 0 Å². The zero-order valence-electron chi connectivity index (χ0n) is 11.7. The number of nitrogens with two attached hydrogens (primary N) is 1.